The Kier molecular flexibility index (Phi) is 9.55. The predicted octanol–water partition coefficient (Wildman–Crippen LogP) is -1.91. The highest BCUT2D eigenvalue weighted by atomic mass is 32.2. The third kappa shape index (κ3) is 9.13. The van der Waals surface area contributed by atoms with Crippen LogP contribution in [-0.4, -0.2) is 65.7 Å². The third-order valence-corrected chi connectivity index (χ3v) is 5.45. The molecule has 0 saturated heterocycles. The van der Waals surface area contributed by atoms with Crippen molar-refractivity contribution in [2.45, 2.75) is 24.9 Å². The minimum atomic E-state index is -1.28. The molecule has 0 aliphatic carbocycles. The molecule has 0 heterocycles. The van der Waals surface area contributed by atoms with Gasteiger partial charge in [0, 0.05) is 44.6 Å². The van der Waals surface area contributed by atoms with Gasteiger partial charge in [-0.05, 0) is 12.8 Å². The molecule has 10 heteroatoms. The van der Waals surface area contributed by atoms with E-state index in [1.54, 1.807) is 0 Å². The summed E-state index contributed by atoms with van der Waals surface area (Å²) in [6, 6.07) is -2.09. The Labute approximate surface area is 121 Å². The number of rotatable bonds is 11. The number of carboxylic acid groups (broad SMARTS) is 2. The fourth-order valence-electron chi connectivity index (χ4n) is 1.15. The zero-order valence-corrected chi connectivity index (χ0v) is 12.5. The summed E-state index contributed by atoms with van der Waals surface area (Å²) in [6.45, 7) is 0. The van der Waals surface area contributed by atoms with Crippen LogP contribution in [0.3, 0.4) is 0 Å². The summed E-state index contributed by atoms with van der Waals surface area (Å²) in [5.41, 5.74) is 10.5. The average molecular weight is 328 g/mol. The standard InChI is InChI=1S/C10H20N2O6S2/c11-7(9(13)14)1-3-19(17)5-6-20(18)4-2-8(12)10(15)16/h7-8H,1-6,11-12H2,(H,13,14)(H,15,16)/t7-,8-,19?,20?/m0/s1. The maximum absolute atomic E-state index is 11.5. The van der Waals surface area contributed by atoms with Gasteiger partial charge >= 0.3 is 11.9 Å². The summed E-state index contributed by atoms with van der Waals surface area (Å²) in [4.78, 5) is 20.9. The van der Waals surface area contributed by atoms with Crippen LogP contribution in [0.4, 0.5) is 0 Å². The zero-order valence-electron chi connectivity index (χ0n) is 10.9. The quantitative estimate of drug-likeness (QED) is 0.341. The number of hydrogen-bond acceptors (Lipinski definition) is 6. The summed E-state index contributed by atoms with van der Waals surface area (Å²) in [6.07, 6.45) is 0.191. The van der Waals surface area contributed by atoms with Crippen molar-refractivity contribution in [2.75, 3.05) is 23.0 Å². The topological polar surface area (TPSA) is 161 Å². The highest BCUT2D eigenvalue weighted by Crippen LogP contribution is 1.97. The van der Waals surface area contributed by atoms with Crippen molar-refractivity contribution in [2.24, 2.45) is 11.5 Å². The molecule has 0 aromatic heterocycles. The van der Waals surface area contributed by atoms with Gasteiger partial charge in [0.2, 0.25) is 0 Å². The highest BCUT2D eigenvalue weighted by Gasteiger charge is 2.15. The fraction of sp³-hybridized carbons (Fsp3) is 0.800. The molecule has 20 heavy (non-hydrogen) atoms. The van der Waals surface area contributed by atoms with Crippen LogP contribution in [0.1, 0.15) is 12.8 Å². The lowest BCUT2D eigenvalue weighted by atomic mass is 10.2. The van der Waals surface area contributed by atoms with Crippen molar-refractivity contribution in [3.8, 4) is 0 Å². The number of hydrogen-bond donors (Lipinski definition) is 4. The van der Waals surface area contributed by atoms with E-state index >= 15 is 0 Å². The van der Waals surface area contributed by atoms with E-state index < -0.39 is 45.6 Å². The molecular formula is C10H20N2O6S2. The van der Waals surface area contributed by atoms with Crippen molar-refractivity contribution in [1.82, 2.24) is 0 Å². The SMILES string of the molecule is N[C@@H](CCS(=O)CCS(=O)CC[C@H](N)C(=O)O)C(=O)O. The molecule has 0 aliphatic rings. The largest absolute Gasteiger partial charge is 0.480 e. The van der Waals surface area contributed by atoms with Gasteiger partial charge in [-0.3, -0.25) is 18.0 Å². The fourth-order valence-corrected chi connectivity index (χ4v) is 4.08. The van der Waals surface area contributed by atoms with E-state index in [2.05, 4.69) is 0 Å². The molecule has 118 valence electrons. The van der Waals surface area contributed by atoms with Gasteiger partial charge in [-0.25, -0.2) is 0 Å². The van der Waals surface area contributed by atoms with Gasteiger partial charge in [0.25, 0.3) is 0 Å². The molecule has 0 amide bonds. The third-order valence-electron chi connectivity index (χ3n) is 2.49. The average Bonchev–Trinajstić information content (AvgIpc) is 2.39. The van der Waals surface area contributed by atoms with E-state index in [-0.39, 0.29) is 35.9 Å². The molecule has 8 nitrogen and oxygen atoms in total. The molecule has 0 bridgehead atoms. The lowest BCUT2D eigenvalue weighted by Crippen LogP contribution is -2.32. The zero-order chi connectivity index (χ0) is 15.7. The van der Waals surface area contributed by atoms with Gasteiger partial charge in [0.15, 0.2) is 0 Å². The molecule has 4 atom stereocenters. The first-order valence-corrected chi connectivity index (χ1v) is 8.88. The van der Waals surface area contributed by atoms with Gasteiger partial charge < -0.3 is 21.7 Å². The lowest BCUT2D eigenvalue weighted by Gasteiger charge is -2.07. The van der Waals surface area contributed by atoms with Crippen LogP contribution < -0.4 is 11.5 Å². The Morgan fingerprint density at radius 2 is 1.10 bits per heavy atom. The monoisotopic (exact) mass is 328 g/mol. The van der Waals surface area contributed by atoms with Gasteiger partial charge in [-0.15, -0.1) is 0 Å². The Morgan fingerprint density at radius 3 is 1.35 bits per heavy atom. The van der Waals surface area contributed by atoms with Crippen LogP contribution in [0.15, 0.2) is 0 Å². The Hall–Kier alpha value is -0.840. The number of aliphatic carboxylic acids is 2. The first-order valence-electron chi connectivity index (χ1n) is 5.90. The van der Waals surface area contributed by atoms with Crippen LogP contribution >= 0.6 is 0 Å². The molecule has 0 aliphatic heterocycles. The number of carboxylic acids is 2. The molecule has 0 saturated carbocycles. The van der Waals surface area contributed by atoms with Crippen molar-refractivity contribution in [3.63, 3.8) is 0 Å². The number of carbonyl (C=O) groups is 2. The van der Waals surface area contributed by atoms with E-state index in [4.69, 9.17) is 21.7 Å². The second-order valence-corrected chi connectivity index (χ2v) is 7.56. The maximum atomic E-state index is 11.5. The maximum Gasteiger partial charge on any atom is 0.320 e. The van der Waals surface area contributed by atoms with Gasteiger partial charge in [-0.2, -0.15) is 0 Å². The molecule has 0 spiro atoms. The van der Waals surface area contributed by atoms with Crippen LogP contribution in [0.2, 0.25) is 0 Å². The van der Waals surface area contributed by atoms with Crippen LogP contribution in [-0.2, 0) is 31.2 Å². The lowest BCUT2D eigenvalue weighted by molar-refractivity contribution is -0.139. The molecule has 0 radical (unpaired) electrons. The van der Waals surface area contributed by atoms with Crippen molar-refractivity contribution in [3.05, 3.63) is 0 Å². The highest BCUT2D eigenvalue weighted by molar-refractivity contribution is 7.88. The van der Waals surface area contributed by atoms with Crippen molar-refractivity contribution in [1.29, 1.82) is 0 Å². The van der Waals surface area contributed by atoms with Gasteiger partial charge in [0.1, 0.15) is 12.1 Å². The van der Waals surface area contributed by atoms with Crippen molar-refractivity contribution < 1.29 is 28.2 Å². The van der Waals surface area contributed by atoms with Gasteiger partial charge in [-0.1, -0.05) is 0 Å². The first-order chi connectivity index (χ1) is 9.23. The van der Waals surface area contributed by atoms with E-state index in [0.29, 0.717) is 0 Å². The van der Waals surface area contributed by atoms with Crippen molar-refractivity contribution >= 4 is 33.5 Å². The van der Waals surface area contributed by atoms with E-state index in [0.717, 1.165) is 0 Å². The normalized spacial score (nSPS) is 17.1. The summed E-state index contributed by atoms with van der Waals surface area (Å²) in [5, 5.41) is 17.1. The van der Waals surface area contributed by atoms with Crippen LogP contribution in [0.25, 0.3) is 0 Å². The molecule has 0 fully saturated rings. The predicted molar refractivity (Wildman–Crippen MR) is 76.2 cm³/mol. The molecule has 0 aromatic rings. The molecule has 0 aromatic carbocycles. The molecule has 2 unspecified atom stereocenters. The second-order valence-electron chi connectivity index (χ2n) is 4.16. The molecule has 6 N–H and O–H groups in total. The summed E-state index contributed by atoms with van der Waals surface area (Å²) < 4.78 is 23.1. The number of nitrogens with two attached hydrogens (primary N) is 2. The summed E-state index contributed by atoms with van der Waals surface area (Å²) >= 11 is 0. The second kappa shape index (κ2) is 9.97. The van der Waals surface area contributed by atoms with E-state index in [1.165, 1.54) is 0 Å². The minimum absolute atomic E-state index is 0.0957. The van der Waals surface area contributed by atoms with E-state index in [1.807, 2.05) is 0 Å². The molecule has 0 rings (SSSR count). The Morgan fingerprint density at radius 1 is 0.800 bits per heavy atom. The van der Waals surface area contributed by atoms with Crippen LogP contribution in [0, 0.1) is 0 Å². The van der Waals surface area contributed by atoms with Crippen LogP contribution in [0.5, 0.6) is 0 Å². The minimum Gasteiger partial charge on any atom is -0.480 e. The Balaban J connectivity index is 3.81. The van der Waals surface area contributed by atoms with Gasteiger partial charge in [0.05, 0.1) is 0 Å². The van der Waals surface area contributed by atoms with E-state index in [9.17, 15) is 18.0 Å². The molecular weight excluding hydrogens is 308 g/mol. The Bertz CT molecular complexity index is 354. The summed E-state index contributed by atoms with van der Waals surface area (Å²) in [5.74, 6) is -1.68. The smallest absolute Gasteiger partial charge is 0.320 e. The first kappa shape index (κ1) is 19.2. The summed E-state index contributed by atoms with van der Waals surface area (Å²) in [7, 11) is -2.57.